The molecule has 1 aromatic carbocycles. The molecule has 25 heavy (non-hydrogen) atoms. The minimum Gasteiger partial charge on any atom is -0.336 e. The molecule has 140 valence electrons. The summed E-state index contributed by atoms with van der Waals surface area (Å²) in [5, 5.41) is 0. The predicted octanol–water partition coefficient (Wildman–Crippen LogP) is 1.71. The SMILES string of the molecule is CC1CC(CN)CN1C(=O)c1cccc(CS(=O)(=O)NC(C)(C)C)c1. The fourth-order valence-electron chi connectivity index (χ4n) is 3.28. The lowest BCUT2D eigenvalue weighted by Crippen LogP contribution is -2.41. The molecule has 2 rings (SSSR count). The zero-order valence-corrected chi connectivity index (χ0v) is 16.3. The second-order valence-corrected chi connectivity index (χ2v) is 9.68. The van der Waals surface area contributed by atoms with Crippen molar-refractivity contribution < 1.29 is 13.2 Å². The van der Waals surface area contributed by atoms with Crippen molar-refractivity contribution >= 4 is 15.9 Å². The highest BCUT2D eigenvalue weighted by atomic mass is 32.2. The largest absolute Gasteiger partial charge is 0.336 e. The fraction of sp³-hybridized carbons (Fsp3) is 0.611. The van der Waals surface area contributed by atoms with Crippen LogP contribution in [0.15, 0.2) is 24.3 Å². The molecular formula is C18H29N3O3S. The second kappa shape index (κ2) is 7.43. The highest BCUT2D eigenvalue weighted by Crippen LogP contribution is 2.24. The molecule has 0 bridgehead atoms. The first-order valence-electron chi connectivity index (χ1n) is 8.62. The van der Waals surface area contributed by atoms with Gasteiger partial charge in [0.25, 0.3) is 5.91 Å². The summed E-state index contributed by atoms with van der Waals surface area (Å²) < 4.78 is 27.2. The maximum absolute atomic E-state index is 12.8. The van der Waals surface area contributed by atoms with Crippen LogP contribution in [0.1, 0.15) is 50.0 Å². The molecule has 1 heterocycles. The summed E-state index contributed by atoms with van der Waals surface area (Å²) in [6, 6.07) is 7.02. The van der Waals surface area contributed by atoms with Gasteiger partial charge in [0.1, 0.15) is 0 Å². The highest BCUT2D eigenvalue weighted by molar-refractivity contribution is 7.88. The van der Waals surface area contributed by atoms with Crippen LogP contribution in [0.2, 0.25) is 0 Å². The van der Waals surface area contributed by atoms with E-state index >= 15 is 0 Å². The van der Waals surface area contributed by atoms with Crippen molar-refractivity contribution in [1.29, 1.82) is 0 Å². The van der Waals surface area contributed by atoms with Crippen LogP contribution in [0.3, 0.4) is 0 Å². The van der Waals surface area contributed by atoms with Gasteiger partial charge in [0, 0.05) is 23.7 Å². The van der Waals surface area contributed by atoms with Crippen LogP contribution in [0.25, 0.3) is 0 Å². The molecule has 1 aliphatic heterocycles. The predicted molar refractivity (Wildman–Crippen MR) is 99.6 cm³/mol. The zero-order valence-electron chi connectivity index (χ0n) is 15.5. The summed E-state index contributed by atoms with van der Waals surface area (Å²) in [4.78, 5) is 14.6. The lowest BCUT2D eigenvalue weighted by molar-refractivity contribution is 0.0743. The molecule has 0 aromatic heterocycles. The van der Waals surface area contributed by atoms with Gasteiger partial charge in [-0.05, 0) is 64.3 Å². The number of likely N-dealkylation sites (tertiary alicyclic amines) is 1. The van der Waals surface area contributed by atoms with Gasteiger partial charge < -0.3 is 10.6 Å². The van der Waals surface area contributed by atoms with Crippen molar-refractivity contribution in [3.63, 3.8) is 0 Å². The van der Waals surface area contributed by atoms with Crippen molar-refractivity contribution in [3.8, 4) is 0 Å². The fourth-order valence-corrected chi connectivity index (χ4v) is 4.90. The van der Waals surface area contributed by atoms with E-state index in [1.807, 2.05) is 11.8 Å². The number of benzene rings is 1. The van der Waals surface area contributed by atoms with E-state index in [1.165, 1.54) is 0 Å². The van der Waals surface area contributed by atoms with Gasteiger partial charge in [-0.1, -0.05) is 12.1 Å². The number of hydrogen-bond donors (Lipinski definition) is 2. The number of hydrogen-bond acceptors (Lipinski definition) is 4. The number of rotatable bonds is 5. The second-order valence-electron chi connectivity index (χ2n) is 7.96. The van der Waals surface area contributed by atoms with Crippen LogP contribution in [0.4, 0.5) is 0 Å². The quantitative estimate of drug-likeness (QED) is 0.829. The van der Waals surface area contributed by atoms with Crippen LogP contribution >= 0.6 is 0 Å². The molecule has 2 atom stereocenters. The Morgan fingerprint density at radius 3 is 2.60 bits per heavy atom. The first-order valence-corrected chi connectivity index (χ1v) is 10.3. The maximum Gasteiger partial charge on any atom is 0.254 e. The lowest BCUT2D eigenvalue weighted by Gasteiger charge is -2.22. The minimum atomic E-state index is -3.47. The number of amides is 1. The smallest absolute Gasteiger partial charge is 0.254 e. The van der Waals surface area contributed by atoms with Gasteiger partial charge in [-0.15, -0.1) is 0 Å². The highest BCUT2D eigenvalue weighted by Gasteiger charge is 2.32. The van der Waals surface area contributed by atoms with Crippen LogP contribution in [-0.2, 0) is 15.8 Å². The average molecular weight is 368 g/mol. The van der Waals surface area contributed by atoms with E-state index in [0.717, 1.165) is 6.42 Å². The molecule has 2 unspecified atom stereocenters. The lowest BCUT2D eigenvalue weighted by atomic mass is 10.1. The molecule has 1 saturated heterocycles. The third-order valence-electron chi connectivity index (χ3n) is 4.25. The van der Waals surface area contributed by atoms with Crippen molar-refractivity contribution in [2.45, 2.75) is 51.4 Å². The maximum atomic E-state index is 12.8. The Hall–Kier alpha value is -1.44. The molecule has 7 heteroatoms. The molecule has 1 aliphatic rings. The molecule has 0 saturated carbocycles. The Kier molecular flexibility index (Phi) is 5.91. The summed E-state index contributed by atoms with van der Waals surface area (Å²) in [6.45, 7) is 8.65. The number of nitrogens with two attached hydrogens (primary N) is 1. The van der Waals surface area contributed by atoms with Crippen LogP contribution in [0, 0.1) is 5.92 Å². The molecule has 0 spiro atoms. The molecule has 0 aliphatic carbocycles. The summed E-state index contributed by atoms with van der Waals surface area (Å²) in [6.07, 6.45) is 0.909. The summed E-state index contributed by atoms with van der Waals surface area (Å²) >= 11 is 0. The summed E-state index contributed by atoms with van der Waals surface area (Å²) in [5.74, 6) is 0.122. The molecule has 6 nitrogen and oxygen atoms in total. The van der Waals surface area contributed by atoms with Gasteiger partial charge in [-0.3, -0.25) is 4.79 Å². The Bertz CT molecular complexity index is 725. The summed E-state index contributed by atoms with van der Waals surface area (Å²) in [7, 11) is -3.47. The van der Waals surface area contributed by atoms with Crippen LogP contribution < -0.4 is 10.5 Å². The first kappa shape index (κ1) is 19.9. The Morgan fingerprint density at radius 1 is 1.36 bits per heavy atom. The van der Waals surface area contributed by atoms with E-state index in [1.54, 1.807) is 45.0 Å². The van der Waals surface area contributed by atoms with Crippen LogP contribution in [-0.4, -0.2) is 43.9 Å². The third kappa shape index (κ3) is 5.52. The van der Waals surface area contributed by atoms with E-state index in [2.05, 4.69) is 4.72 Å². The first-order chi connectivity index (χ1) is 11.5. The van der Waals surface area contributed by atoms with Gasteiger partial charge in [0.05, 0.1) is 5.75 Å². The van der Waals surface area contributed by atoms with Gasteiger partial charge >= 0.3 is 0 Å². The molecule has 3 N–H and O–H groups in total. The van der Waals surface area contributed by atoms with E-state index in [9.17, 15) is 13.2 Å². The monoisotopic (exact) mass is 367 g/mol. The molecule has 1 amide bonds. The van der Waals surface area contributed by atoms with Gasteiger partial charge in [-0.2, -0.15) is 0 Å². The number of carbonyl (C=O) groups is 1. The molecule has 0 radical (unpaired) electrons. The third-order valence-corrected chi connectivity index (χ3v) is 5.88. The Morgan fingerprint density at radius 2 is 2.04 bits per heavy atom. The van der Waals surface area contributed by atoms with Crippen molar-refractivity contribution in [2.24, 2.45) is 11.7 Å². The van der Waals surface area contributed by atoms with E-state index in [-0.39, 0.29) is 17.7 Å². The van der Waals surface area contributed by atoms with Crippen molar-refractivity contribution in [3.05, 3.63) is 35.4 Å². The van der Waals surface area contributed by atoms with Gasteiger partial charge in [-0.25, -0.2) is 13.1 Å². The number of sulfonamides is 1. The van der Waals surface area contributed by atoms with Crippen molar-refractivity contribution in [2.75, 3.05) is 13.1 Å². The van der Waals surface area contributed by atoms with Gasteiger partial charge in [0.2, 0.25) is 10.0 Å². The average Bonchev–Trinajstić information content (AvgIpc) is 2.84. The molecular weight excluding hydrogens is 338 g/mol. The Balaban J connectivity index is 2.15. The zero-order chi connectivity index (χ0) is 18.8. The minimum absolute atomic E-state index is 0.0634. The normalized spacial score (nSPS) is 21.6. The van der Waals surface area contributed by atoms with E-state index in [0.29, 0.717) is 30.1 Å². The number of nitrogens with zero attached hydrogens (tertiary/aromatic N) is 1. The van der Waals surface area contributed by atoms with Crippen molar-refractivity contribution in [1.82, 2.24) is 9.62 Å². The molecule has 1 fully saturated rings. The van der Waals surface area contributed by atoms with E-state index < -0.39 is 15.6 Å². The summed E-state index contributed by atoms with van der Waals surface area (Å²) in [5.41, 5.74) is 6.32. The standard InChI is InChI=1S/C18H29N3O3S/c1-13-8-15(10-19)11-21(13)17(22)16-7-5-6-14(9-16)12-25(23,24)20-18(2,3)4/h5-7,9,13,15,20H,8,10-12,19H2,1-4H3. The Labute approximate surface area is 150 Å². The van der Waals surface area contributed by atoms with Crippen LogP contribution in [0.5, 0.6) is 0 Å². The number of carbonyl (C=O) groups excluding carboxylic acids is 1. The van der Waals surface area contributed by atoms with Gasteiger partial charge in [0.15, 0.2) is 0 Å². The topological polar surface area (TPSA) is 92.5 Å². The molecule has 1 aromatic rings. The number of nitrogens with one attached hydrogen (secondary N) is 1. The van der Waals surface area contributed by atoms with E-state index in [4.69, 9.17) is 5.73 Å².